The molecule has 3 aromatic rings. The molecule has 20 heavy (non-hydrogen) atoms. The molecule has 2 N–H and O–H groups in total. The Morgan fingerprint density at radius 1 is 0.950 bits per heavy atom. The van der Waals surface area contributed by atoms with Gasteiger partial charge in [-0.3, -0.25) is 0 Å². The van der Waals surface area contributed by atoms with Crippen LogP contribution < -0.4 is 5.73 Å². The van der Waals surface area contributed by atoms with Crippen molar-refractivity contribution in [1.82, 2.24) is 4.57 Å². The van der Waals surface area contributed by atoms with E-state index in [1.807, 2.05) is 0 Å². The van der Waals surface area contributed by atoms with Gasteiger partial charge >= 0.3 is 0 Å². The molecule has 4 rings (SSSR count). The lowest BCUT2D eigenvalue weighted by atomic mass is 9.92. The van der Waals surface area contributed by atoms with Gasteiger partial charge in [0, 0.05) is 22.8 Å². The van der Waals surface area contributed by atoms with Crippen LogP contribution in [0.1, 0.15) is 30.1 Å². The average molecular weight is 262 g/mol. The van der Waals surface area contributed by atoms with Gasteiger partial charge in [-0.25, -0.2) is 0 Å². The summed E-state index contributed by atoms with van der Waals surface area (Å²) in [6.07, 6.45) is 3.41. The molecule has 2 heteroatoms. The number of benzene rings is 2. The summed E-state index contributed by atoms with van der Waals surface area (Å²) in [7, 11) is 0. The first-order valence-electron chi connectivity index (χ1n) is 7.29. The van der Waals surface area contributed by atoms with Gasteiger partial charge in [-0.1, -0.05) is 36.4 Å². The Morgan fingerprint density at radius 2 is 1.70 bits per heavy atom. The maximum Gasteiger partial charge on any atom is 0.0535 e. The van der Waals surface area contributed by atoms with Crippen LogP contribution in [-0.4, -0.2) is 4.57 Å². The molecular formula is C18H18N2. The smallest absolute Gasteiger partial charge is 0.0535 e. The number of aryl methyl sites for hydroxylation is 1. The lowest BCUT2D eigenvalue weighted by Crippen LogP contribution is -2.20. The zero-order chi connectivity index (χ0) is 13.5. The summed E-state index contributed by atoms with van der Waals surface area (Å²) >= 11 is 0. The second-order valence-corrected chi connectivity index (χ2v) is 5.55. The molecule has 2 nitrogen and oxygen atoms in total. The highest BCUT2D eigenvalue weighted by atomic mass is 15.0. The number of rotatable bonds is 1. The zero-order valence-corrected chi connectivity index (χ0v) is 11.4. The van der Waals surface area contributed by atoms with E-state index < -0.39 is 0 Å². The van der Waals surface area contributed by atoms with E-state index >= 15 is 0 Å². The highest BCUT2D eigenvalue weighted by molar-refractivity contribution is 5.87. The normalized spacial score (nSPS) is 18.1. The predicted molar refractivity (Wildman–Crippen MR) is 83.1 cm³/mol. The lowest BCUT2D eigenvalue weighted by Gasteiger charge is -2.22. The molecule has 1 aliphatic carbocycles. The summed E-state index contributed by atoms with van der Waals surface area (Å²) in [5.74, 6) is 0. The van der Waals surface area contributed by atoms with Crippen molar-refractivity contribution in [2.24, 2.45) is 5.73 Å². The molecule has 1 aliphatic rings. The van der Waals surface area contributed by atoms with Gasteiger partial charge in [0.1, 0.15) is 0 Å². The fourth-order valence-corrected chi connectivity index (χ4v) is 3.47. The van der Waals surface area contributed by atoms with E-state index in [0.717, 1.165) is 12.8 Å². The standard InChI is InChI=1S/C18H18N2/c19-16-11-6-10-15-14-9-4-5-12-17(14)20(18(15)16)13-7-2-1-3-8-13/h1-5,7-9,12,16H,6,10-11,19H2. The number of fused-ring (bicyclic) bond motifs is 3. The molecule has 0 saturated heterocycles. The number of aromatic nitrogens is 1. The molecule has 0 saturated carbocycles. The van der Waals surface area contributed by atoms with Gasteiger partial charge in [0.25, 0.3) is 0 Å². The van der Waals surface area contributed by atoms with Crippen LogP contribution in [0.2, 0.25) is 0 Å². The molecule has 1 heterocycles. The molecular weight excluding hydrogens is 244 g/mol. The maximum atomic E-state index is 6.43. The first-order chi connectivity index (χ1) is 9.86. The minimum absolute atomic E-state index is 0.145. The maximum absolute atomic E-state index is 6.43. The summed E-state index contributed by atoms with van der Waals surface area (Å²) < 4.78 is 2.36. The van der Waals surface area contributed by atoms with Crippen LogP contribution in [0.4, 0.5) is 0 Å². The quantitative estimate of drug-likeness (QED) is 0.707. The van der Waals surface area contributed by atoms with Gasteiger partial charge in [-0.05, 0) is 43.0 Å². The topological polar surface area (TPSA) is 30.9 Å². The molecule has 1 unspecified atom stereocenters. The van der Waals surface area contributed by atoms with E-state index in [4.69, 9.17) is 5.73 Å². The average Bonchev–Trinajstić information content (AvgIpc) is 2.84. The molecule has 0 aliphatic heterocycles. The van der Waals surface area contributed by atoms with Crippen molar-refractivity contribution in [2.45, 2.75) is 25.3 Å². The fraction of sp³-hybridized carbons (Fsp3) is 0.222. The molecule has 0 radical (unpaired) electrons. The van der Waals surface area contributed by atoms with Crippen molar-refractivity contribution < 1.29 is 0 Å². The predicted octanol–water partition coefficient (Wildman–Crippen LogP) is 3.97. The van der Waals surface area contributed by atoms with Crippen LogP contribution in [0.3, 0.4) is 0 Å². The van der Waals surface area contributed by atoms with E-state index in [1.165, 1.54) is 34.3 Å². The van der Waals surface area contributed by atoms with Crippen LogP contribution in [0.25, 0.3) is 16.6 Å². The Kier molecular flexibility index (Phi) is 2.64. The van der Waals surface area contributed by atoms with Crippen LogP contribution in [0, 0.1) is 0 Å². The number of nitrogens with two attached hydrogens (primary N) is 1. The highest BCUT2D eigenvalue weighted by Crippen LogP contribution is 2.37. The Hall–Kier alpha value is -2.06. The molecule has 1 atom stereocenters. The summed E-state index contributed by atoms with van der Waals surface area (Å²) in [5.41, 5.74) is 11.7. The number of hydrogen-bond acceptors (Lipinski definition) is 1. The van der Waals surface area contributed by atoms with E-state index in [-0.39, 0.29) is 6.04 Å². The van der Waals surface area contributed by atoms with Crippen molar-refractivity contribution in [2.75, 3.05) is 0 Å². The first kappa shape index (κ1) is 11.7. The van der Waals surface area contributed by atoms with Crippen LogP contribution in [0.5, 0.6) is 0 Å². The minimum atomic E-state index is 0.145. The third-order valence-corrected chi connectivity index (χ3v) is 4.33. The molecule has 1 aromatic heterocycles. The van der Waals surface area contributed by atoms with Gasteiger partial charge < -0.3 is 10.3 Å². The molecule has 100 valence electrons. The first-order valence-corrected chi connectivity index (χ1v) is 7.29. The summed E-state index contributed by atoms with van der Waals surface area (Å²) in [4.78, 5) is 0. The van der Waals surface area contributed by atoms with Crippen LogP contribution >= 0.6 is 0 Å². The van der Waals surface area contributed by atoms with Crippen LogP contribution in [0.15, 0.2) is 54.6 Å². The van der Waals surface area contributed by atoms with Crippen molar-refractivity contribution in [3.05, 3.63) is 65.9 Å². The Balaban J connectivity index is 2.11. The Bertz CT molecular complexity index is 756. The molecule has 2 aromatic carbocycles. The summed E-state index contributed by atoms with van der Waals surface area (Å²) in [5, 5.41) is 1.36. The van der Waals surface area contributed by atoms with Gasteiger partial charge in [0.2, 0.25) is 0 Å². The molecule has 0 bridgehead atoms. The SMILES string of the molecule is NC1CCCc2c1n(-c1ccccc1)c1ccccc21. The Labute approximate surface area is 118 Å². The molecule has 0 spiro atoms. The van der Waals surface area contributed by atoms with E-state index in [1.54, 1.807) is 0 Å². The summed E-state index contributed by atoms with van der Waals surface area (Å²) in [6, 6.07) is 19.4. The van der Waals surface area contributed by atoms with Crippen molar-refractivity contribution >= 4 is 10.9 Å². The van der Waals surface area contributed by atoms with Crippen molar-refractivity contribution in [1.29, 1.82) is 0 Å². The lowest BCUT2D eigenvalue weighted by molar-refractivity contribution is 0.552. The molecule has 0 fully saturated rings. The van der Waals surface area contributed by atoms with Crippen LogP contribution in [-0.2, 0) is 6.42 Å². The van der Waals surface area contributed by atoms with E-state index in [0.29, 0.717) is 0 Å². The zero-order valence-electron chi connectivity index (χ0n) is 11.4. The molecule has 0 amide bonds. The minimum Gasteiger partial charge on any atom is -0.323 e. The van der Waals surface area contributed by atoms with Gasteiger partial charge in [0.05, 0.1) is 5.52 Å². The summed E-state index contributed by atoms with van der Waals surface area (Å²) in [6.45, 7) is 0. The number of hydrogen-bond donors (Lipinski definition) is 1. The third kappa shape index (κ3) is 1.61. The third-order valence-electron chi connectivity index (χ3n) is 4.33. The van der Waals surface area contributed by atoms with Crippen molar-refractivity contribution in [3.8, 4) is 5.69 Å². The number of para-hydroxylation sites is 2. The van der Waals surface area contributed by atoms with Gasteiger partial charge in [-0.2, -0.15) is 0 Å². The van der Waals surface area contributed by atoms with E-state index in [9.17, 15) is 0 Å². The second kappa shape index (κ2) is 4.50. The van der Waals surface area contributed by atoms with Crippen molar-refractivity contribution in [3.63, 3.8) is 0 Å². The van der Waals surface area contributed by atoms with Gasteiger partial charge in [0.15, 0.2) is 0 Å². The van der Waals surface area contributed by atoms with Gasteiger partial charge in [-0.15, -0.1) is 0 Å². The Morgan fingerprint density at radius 3 is 2.55 bits per heavy atom. The largest absolute Gasteiger partial charge is 0.323 e. The number of nitrogens with zero attached hydrogens (tertiary/aromatic N) is 1. The van der Waals surface area contributed by atoms with E-state index in [2.05, 4.69) is 59.2 Å². The monoisotopic (exact) mass is 262 g/mol. The fourth-order valence-electron chi connectivity index (χ4n) is 3.47. The highest BCUT2D eigenvalue weighted by Gasteiger charge is 2.25. The second-order valence-electron chi connectivity index (χ2n) is 5.55.